The highest BCUT2D eigenvalue weighted by atomic mass is 16.2. The number of carbonyl (C=O) groups is 1. The van der Waals surface area contributed by atoms with E-state index in [0.717, 1.165) is 41.2 Å². The van der Waals surface area contributed by atoms with Crippen LogP contribution in [0.4, 0.5) is 0 Å². The van der Waals surface area contributed by atoms with E-state index in [1.54, 1.807) is 15.8 Å². The molecular formula is C22H27N5O. The van der Waals surface area contributed by atoms with Crippen LogP contribution in [0.2, 0.25) is 0 Å². The summed E-state index contributed by atoms with van der Waals surface area (Å²) in [5, 5.41) is 9.51. The molecule has 6 nitrogen and oxygen atoms in total. The zero-order valence-corrected chi connectivity index (χ0v) is 16.6. The lowest BCUT2D eigenvalue weighted by Gasteiger charge is -2.24. The Bertz CT molecular complexity index is 969. The molecule has 0 aliphatic heterocycles. The molecule has 3 aromatic rings. The number of hydrogen-bond donors (Lipinski definition) is 0. The number of hydrogen-bond acceptors (Lipinski definition) is 4. The van der Waals surface area contributed by atoms with Gasteiger partial charge >= 0.3 is 0 Å². The Balaban J connectivity index is 1.53. The average molecular weight is 377 g/mol. The quantitative estimate of drug-likeness (QED) is 0.669. The molecule has 1 amide bonds. The topological polar surface area (TPSA) is 63.9 Å². The molecular weight excluding hydrogens is 350 g/mol. The molecule has 1 fully saturated rings. The van der Waals surface area contributed by atoms with Crippen molar-refractivity contribution in [1.29, 1.82) is 0 Å². The molecule has 146 valence electrons. The van der Waals surface area contributed by atoms with E-state index in [1.807, 2.05) is 44.3 Å². The van der Waals surface area contributed by atoms with Crippen molar-refractivity contribution in [3.05, 3.63) is 47.9 Å². The van der Waals surface area contributed by atoms with E-state index in [9.17, 15) is 4.79 Å². The summed E-state index contributed by atoms with van der Waals surface area (Å²) >= 11 is 0. The monoisotopic (exact) mass is 377 g/mol. The second-order valence-corrected chi connectivity index (χ2v) is 7.81. The van der Waals surface area contributed by atoms with Gasteiger partial charge in [0.05, 0.1) is 16.9 Å². The molecule has 28 heavy (non-hydrogen) atoms. The number of rotatable bonds is 5. The third kappa shape index (κ3) is 3.63. The predicted molar refractivity (Wildman–Crippen MR) is 110 cm³/mol. The average Bonchev–Trinajstić information content (AvgIpc) is 3.12. The minimum absolute atomic E-state index is 0.0623. The van der Waals surface area contributed by atoms with Gasteiger partial charge in [-0.2, -0.15) is 0 Å². The fourth-order valence-electron chi connectivity index (χ4n) is 4.15. The Labute approximate surface area is 165 Å². The summed E-state index contributed by atoms with van der Waals surface area (Å²) in [6.45, 7) is 2.66. The van der Waals surface area contributed by atoms with Crippen molar-refractivity contribution in [3.8, 4) is 5.69 Å². The molecule has 2 heterocycles. The van der Waals surface area contributed by atoms with Crippen molar-refractivity contribution in [2.24, 2.45) is 5.92 Å². The first-order valence-corrected chi connectivity index (χ1v) is 10.2. The van der Waals surface area contributed by atoms with E-state index in [2.05, 4.69) is 15.3 Å². The zero-order valence-electron chi connectivity index (χ0n) is 16.6. The third-order valence-corrected chi connectivity index (χ3v) is 5.88. The predicted octanol–water partition coefficient (Wildman–Crippen LogP) is 4.17. The Kier molecular flexibility index (Phi) is 5.37. The Morgan fingerprint density at radius 1 is 1.18 bits per heavy atom. The number of carbonyl (C=O) groups excluding carboxylic acids is 1. The number of benzene rings is 1. The second kappa shape index (κ2) is 8.09. The van der Waals surface area contributed by atoms with Gasteiger partial charge in [-0.05, 0) is 31.4 Å². The third-order valence-electron chi connectivity index (χ3n) is 5.88. The standard InChI is InChI=1S/C22H27N5O/c1-16-20(22(28)26(2)15-13-17-8-4-3-5-9-17)24-25-27(16)19-12-6-10-18-11-7-14-23-21(18)19/h6-7,10-12,14,17H,3-5,8-9,13,15H2,1-2H3. The van der Waals surface area contributed by atoms with Crippen LogP contribution >= 0.6 is 0 Å². The first kappa shape index (κ1) is 18.6. The molecule has 0 bridgehead atoms. The zero-order chi connectivity index (χ0) is 19.5. The summed E-state index contributed by atoms with van der Waals surface area (Å²) in [6, 6.07) is 9.87. The maximum absolute atomic E-state index is 12.9. The van der Waals surface area contributed by atoms with Gasteiger partial charge in [-0.15, -0.1) is 5.10 Å². The van der Waals surface area contributed by atoms with Crippen LogP contribution in [0.25, 0.3) is 16.6 Å². The van der Waals surface area contributed by atoms with Crippen LogP contribution in [0.15, 0.2) is 36.5 Å². The molecule has 1 aliphatic carbocycles. The molecule has 4 rings (SSSR count). The van der Waals surface area contributed by atoms with Crippen LogP contribution in [0.3, 0.4) is 0 Å². The normalized spacial score (nSPS) is 15.1. The van der Waals surface area contributed by atoms with Crippen LogP contribution in [0.5, 0.6) is 0 Å². The molecule has 2 aromatic heterocycles. The van der Waals surface area contributed by atoms with Gasteiger partial charge in [0.15, 0.2) is 5.69 Å². The van der Waals surface area contributed by atoms with E-state index in [0.29, 0.717) is 5.69 Å². The van der Waals surface area contributed by atoms with Gasteiger partial charge in [0.25, 0.3) is 5.91 Å². The van der Waals surface area contributed by atoms with Gasteiger partial charge < -0.3 is 4.90 Å². The maximum atomic E-state index is 12.9. The first-order chi connectivity index (χ1) is 13.6. The lowest BCUT2D eigenvalue weighted by molar-refractivity contribution is 0.0777. The van der Waals surface area contributed by atoms with E-state index in [-0.39, 0.29) is 5.91 Å². The number of aromatic nitrogens is 4. The first-order valence-electron chi connectivity index (χ1n) is 10.2. The summed E-state index contributed by atoms with van der Waals surface area (Å²) in [5.41, 5.74) is 2.85. The summed E-state index contributed by atoms with van der Waals surface area (Å²) in [5.74, 6) is 0.690. The van der Waals surface area contributed by atoms with Crippen LogP contribution in [0.1, 0.15) is 54.7 Å². The largest absolute Gasteiger partial charge is 0.340 e. The van der Waals surface area contributed by atoms with Gasteiger partial charge in [0.1, 0.15) is 0 Å². The number of pyridine rings is 1. The minimum Gasteiger partial charge on any atom is -0.340 e. The minimum atomic E-state index is -0.0623. The van der Waals surface area contributed by atoms with Crippen LogP contribution in [0, 0.1) is 12.8 Å². The molecule has 1 aromatic carbocycles. The molecule has 1 aliphatic rings. The highest BCUT2D eigenvalue weighted by molar-refractivity contribution is 5.93. The van der Waals surface area contributed by atoms with Crippen molar-refractivity contribution in [1.82, 2.24) is 24.9 Å². The number of para-hydroxylation sites is 1. The van der Waals surface area contributed by atoms with Crippen LogP contribution in [-0.2, 0) is 0 Å². The van der Waals surface area contributed by atoms with Gasteiger partial charge in [-0.3, -0.25) is 9.78 Å². The lowest BCUT2D eigenvalue weighted by Crippen LogP contribution is -2.30. The van der Waals surface area contributed by atoms with Crippen molar-refractivity contribution in [2.45, 2.75) is 45.4 Å². The van der Waals surface area contributed by atoms with E-state index >= 15 is 0 Å². The molecule has 0 N–H and O–H groups in total. The van der Waals surface area contributed by atoms with Crippen LogP contribution < -0.4 is 0 Å². The lowest BCUT2D eigenvalue weighted by atomic mass is 9.87. The number of nitrogens with zero attached hydrogens (tertiary/aromatic N) is 5. The SMILES string of the molecule is Cc1c(C(=O)N(C)CCC2CCCCC2)nnn1-c1cccc2cccnc12. The van der Waals surface area contributed by atoms with Gasteiger partial charge in [0.2, 0.25) is 0 Å². The summed E-state index contributed by atoms with van der Waals surface area (Å²) in [7, 11) is 1.86. The molecule has 1 saturated carbocycles. The van der Waals surface area contributed by atoms with Crippen molar-refractivity contribution in [3.63, 3.8) is 0 Å². The van der Waals surface area contributed by atoms with Gasteiger partial charge in [0, 0.05) is 25.2 Å². The molecule has 0 unspecified atom stereocenters. The maximum Gasteiger partial charge on any atom is 0.276 e. The highest BCUT2D eigenvalue weighted by Gasteiger charge is 2.22. The van der Waals surface area contributed by atoms with Crippen molar-refractivity contribution < 1.29 is 4.79 Å². The molecule has 0 atom stereocenters. The van der Waals surface area contributed by atoms with E-state index in [1.165, 1.54) is 32.1 Å². The molecule has 0 radical (unpaired) electrons. The van der Waals surface area contributed by atoms with E-state index < -0.39 is 0 Å². The van der Waals surface area contributed by atoms with Crippen LogP contribution in [-0.4, -0.2) is 44.4 Å². The highest BCUT2D eigenvalue weighted by Crippen LogP contribution is 2.26. The fourth-order valence-corrected chi connectivity index (χ4v) is 4.15. The summed E-state index contributed by atoms with van der Waals surface area (Å²) < 4.78 is 1.72. The van der Waals surface area contributed by atoms with Gasteiger partial charge in [-0.1, -0.05) is 55.5 Å². The second-order valence-electron chi connectivity index (χ2n) is 7.81. The van der Waals surface area contributed by atoms with E-state index in [4.69, 9.17) is 0 Å². The summed E-state index contributed by atoms with van der Waals surface area (Å²) in [6.07, 6.45) is 9.45. The Morgan fingerprint density at radius 2 is 1.96 bits per heavy atom. The van der Waals surface area contributed by atoms with Crippen molar-refractivity contribution >= 4 is 16.8 Å². The number of amides is 1. The Morgan fingerprint density at radius 3 is 2.79 bits per heavy atom. The van der Waals surface area contributed by atoms with Gasteiger partial charge in [-0.25, -0.2) is 4.68 Å². The van der Waals surface area contributed by atoms with Crippen molar-refractivity contribution in [2.75, 3.05) is 13.6 Å². The summed E-state index contributed by atoms with van der Waals surface area (Å²) in [4.78, 5) is 19.2. The smallest absolute Gasteiger partial charge is 0.276 e. The molecule has 6 heteroatoms. The molecule has 0 saturated heterocycles. The number of fused-ring (bicyclic) bond motifs is 1. The molecule has 0 spiro atoms. The Hall–Kier alpha value is -2.76. The fraction of sp³-hybridized carbons (Fsp3) is 0.455.